The molecule has 6 heteroatoms. The number of carboxylic acid groups (broad SMARTS) is 1. The molecule has 1 aromatic heterocycles. The van der Waals surface area contributed by atoms with Gasteiger partial charge < -0.3 is 14.3 Å². The maximum Gasteiger partial charge on any atom is 0.335 e. The maximum absolute atomic E-state index is 11.0. The molecule has 0 aliphatic carbocycles. The molecular weight excluding hydrogens is 320 g/mol. The number of aromatic nitrogens is 1. The van der Waals surface area contributed by atoms with Crippen molar-refractivity contribution in [3.05, 3.63) is 53.2 Å². The van der Waals surface area contributed by atoms with E-state index in [1.165, 1.54) is 0 Å². The lowest BCUT2D eigenvalue weighted by atomic mass is 9.93. The average molecular weight is 344 g/mol. The molecule has 0 bridgehead atoms. The second-order valence-corrected chi connectivity index (χ2v) is 7.38. The van der Waals surface area contributed by atoms with Crippen LogP contribution < -0.4 is 0 Å². The molecule has 1 unspecified atom stereocenters. The Kier molecular flexibility index (Phi) is 4.92. The number of morpholine rings is 1. The Morgan fingerprint density at radius 3 is 2.64 bits per heavy atom. The lowest BCUT2D eigenvalue weighted by Gasteiger charge is -2.33. The van der Waals surface area contributed by atoms with E-state index < -0.39 is 5.97 Å². The minimum absolute atomic E-state index is 0.0380. The van der Waals surface area contributed by atoms with Crippen molar-refractivity contribution in [1.29, 1.82) is 0 Å². The number of hydrogen-bond donors (Lipinski definition) is 1. The van der Waals surface area contributed by atoms with E-state index in [1.54, 1.807) is 18.4 Å². The van der Waals surface area contributed by atoms with Gasteiger partial charge in [0.15, 0.2) is 0 Å². The van der Waals surface area contributed by atoms with E-state index in [2.05, 4.69) is 30.7 Å². The van der Waals surface area contributed by atoms with Crippen molar-refractivity contribution in [1.82, 2.24) is 9.88 Å². The Bertz CT molecular complexity index is 731. The smallest absolute Gasteiger partial charge is 0.335 e. The van der Waals surface area contributed by atoms with Crippen LogP contribution in [0.3, 0.4) is 0 Å². The Balaban J connectivity index is 1.77. The zero-order valence-corrected chi connectivity index (χ0v) is 14.9. The molecule has 2 aromatic rings. The molecule has 1 atom stereocenters. The quantitative estimate of drug-likeness (QED) is 0.917. The third-order valence-corrected chi connectivity index (χ3v) is 4.40. The number of benzene rings is 1. The fraction of sp³-hybridized carbons (Fsp3) is 0.474. The molecule has 1 aliphatic heterocycles. The van der Waals surface area contributed by atoms with Crippen molar-refractivity contribution in [2.24, 2.45) is 0 Å². The van der Waals surface area contributed by atoms with E-state index in [4.69, 9.17) is 14.3 Å². The summed E-state index contributed by atoms with van der Waals surface area (Å²) in [4.78, 5) is 17.9. The average Bonchev–Trinajstić information content (AvgIpc) is 3.06. The molecule has 0 radical (unpaired) electrons. The van der Waals surface area contributed by atoms with E-state index in [-0.39, 0.29) is 11.5 Å². The molecule has 1 saturated heterocycles. The molecule has 1 N–H and O–H groups in total. The van der Waals surface area contributed by atoms with Gasteiger partial charge in [-0.2, -0.15) is 0 Å². The van der Waals surface area contributed by atoms with Gasteiger partial charge >= 0.3 is 5.97 Å². The van der Waals surface area contributed by atoms with Gasteiger partial charge in [-0.3, -0.25) is 4.90 Å². The van der Waals surface area contributed by atoms with Gasteiger partial charge in [0.25, 0.3) is 0 Å². The first-order chi connectivity index (χ1) is 11.8. The van der Waals surface area contributed by atoms with Crippen LogP contribution in [-0.2, 0) is 16.7 Å². The predicted octanol–water partition coefficient (Wildman–Crippen LogP) is 3.24. The zero-order chi connectivity index (χ0) is 18.0. The Labute approximate surface area is 147 Å². The lowest BCUT2D eigenvalue weighted by Crippen LogP contribution is -2.39. The predicted molar refractivity (Wildman–Crippen MR) is 92.6 cm³/mol. The topological polar surface area (TPSA) is 75.8 Å². The lowest BCUT2D eigenvalue weighted by molar-refractivity contribution is -0.0223. The highest BCUT2D eigenvalue weighted by Gasteiger charge is 2.30. The summed E-state index contributed by atoms with van der Waals surface area (Å²) in [5.41, 5.74) is 2.22. The second-order valence-electron chi connectivity index (χ2n) is 7.38. The normalized spacial score (nSPS) is 19.1. The number of carboxylic acids is 1. The van der Waals surface area contributed by atoms with Crippen molar-refractivity contribution in [3.8, 4) is 0 Å². The summed E-state index contributed by atoms with van der Waals surface area (Å²) in [7, 11) is 0. The van der Waals surface area contributed by atoms with Gasteiger partial charge in [0, 0.05) is 18.5 Å². The third kappa shape index (κ3) is 4.08. The molecule has 0 amide bonds. The summed E-state index contributed by atoms with van der Waals surface area (Å²) in [6.45, 7) is 8.99. The Hall–Kier alpha value is -2.18. The summed E-state index contributed by atoms with van der Waals surface area (Å²) < 4.78 is 11.4. The minimum Gasteiger partial charge on any atom is -0.478 e. The molecule has 6 nitrogen and oxygen atoms in total. The summed E-state index contributed by atoms with van der Waals surface area (Å²) in [6.07, 6.45) is 1.73. The number of ether oxygens (including phenoxy) is 1. The van der Waals surface area contributed by atoms with Crippen molar-refractivity contribution in [2.75, 3.05) is 19.8 Å². The fourth-order valence-corrected chi connectivity index (χ4v) is 2.83. The van der Waals surface area contributed by atoms with Crippen molar-refractivity contribution in [2.45, 2.75) is 38.8 Å². The van der Waals surface area contributed by atoms with Crippen LogP contribution in [0.4, 0.5) is 0 Å². The molecule has 1 fully saturated rings. The molecule has 25 heavy (non-hydrogen) atoms. The molecule has 3 rings (SSSR count). The summed E-state index contributed by atoms with van der Waals surface area (Å²) in [5, 5.41) is 9.01. The Morgan fingerprint density at radius 1 is 1.32 bits per heavy atom. The summed E-state index contributed by atoms with van der Waals surface area (Å²) in [5.74, 6) is -0.239. The first-order valence-corrected chi connectivity index (χ1v) is 8.44. The summed E-state index contributed by atoms with van der Waals surface area (Å²) >= 11 is 0. The molecule has 0 saturated carbocycles. The van der Waals surface area contributed by atoms with Crippen LogP contribution in [0.1, 0.15) is 54.3 Å². The largest absolute Gasteiger partial charge is 0.478 e. The number of rotatable bonds is 4. The summed E-state index contributed by atoms with van der Waals surface area (Å²) in [6, 6.07) is 6.94. The Morgan fingerprint density at radius 2 is 2.04 bits per heavy atom. The molecule has 134 valence electrons. The van der Waals surface area contributed by atoms with Gasteiger partial charge in [-0.25, -0.2) is 9.78 Å². The van der Waals surface area contributed by atoms with Gasteiger partial charge in [-0.15, -0.1) is 0 Å². The van der Waals surface area contributed by atoms with Crippen LogP contribution in [0.5, 0.6) is 0 Å². The van der Waals surface area contributed by atoms with Crippen LogP contribution in [0, 0.1) is 0 Å². The fourth-order valence-electron chi connectivity index (χ4n) is 2.83. The van der Waals surface area contributed by atoms with Crippen LogP contribution >= 0.6 is 0 Å². The van der Waals surface area contributed by atoms with Crippen molar-refractivity contribution >= 4 is 5.97 Å². The standard InChI is InChI=1S/C19H24N2O4/c1-19(2,3)16-12-25-17(20-16)15-11-24-9-8-21(15)10-13-4-6-14(7-5-13)18(22)23/h4-7,12,15H,8-11H2,1-3H3,(H,22,23). The highest BCUT2D eigenvalue weighted by Crippen LogP contribution is 2.29. The highest BCUT2D eigenvalue weighted by molar-refractivity contribution is 5.87. The number of hydrogen-bond acceptors (Lipinski definition) is 5. The third-order valence-electron chi connectivity index (χ3n) is 4.40. The van der Waals surface area contributed by atoms with E-state index in [1.807, 2.05) is 12.1 Å². The number of nitrogens with zero attached hydrogens (tertiary/aromatic N) is 2. The molecule has 0 spiro atoms. The van der Waals surface area contributed by atoms with E-state index in [9.17, 15) is 4.79 Å². The number of aromatic carboxylic acids is 1. The van der Waals surface area contributed by atoms with Crippen LogP contribution in [0.15, 0.2) is 34.9 Å². The van der Waals surface area contributed by atoms with Crippen molar-refractivity contribution in [3.63, 3.8) is 0 Å². The molecule has 1 aliphatic rings. The first-order valence-electron chi connectivity index (χ1n) is 8.44. The second kappa shape index (κ2) is 6.98. The van der Waals surface area contributed by atoms with Gasteiger partial charge in [0.05, 0.1) is 24.5 Å². The SMILES string of the molecule is CC(C)(C)c1coc(C2COCCN2Cc2ccc(C(=O)O)cc2)n1. The molecular formula is C19H24N2O4. The zero-order valence-electron chi connectivity index (χ0n) is 14.9. The van der Waals surface area contributed by atoms with Crippen LogP contribution in [-0.4, -0.2) is 40.7 Å². The molecule has 2 heterocycles. The van der Waals surface area contributed by atoms with E-state index in [0.717, 1.165) is 17.8 Å². The van der Waals surface area contributed by atoms with Crippen LogP contribution in [0.25, 0.3) is 0 Å². The minimum atomic E-state index is -0.912. The van der Waals surface area contributed by atoms with Gasteiger partial charge in [0.2, 0.25) is 5.89 Å². The number of oxazole rings is 1. The highest BCUT2D eigenvalue weighted by atomic mass is 16.5. The van der Waals surface area contributed by atoms with E-state index in [0.29, 0.717) is 31.2 Å². The maximum atomic E-state index is 11.0. The monoisotopic (exact) mass is 344 g/mol. The molecule has 1 aromatic carbocycles. The van der Waals surface area contributed by atoms with Crippen molar-refractivity contribution < 1.29 is 19.1 Å². The number of carbonyl (C=O) groups is 1. The van der Waals surface area contributed by atoms with E-state index >= 15 is 0 Å². The van der Waals surface area contributed by atoms with Gasteiger partial charge in [-0.1, -0.05) is 32.9 Å². The van der Waals surface area contributed by atoms with Crippen LogP contribution in [0.2, 0.25) is 0 Å². The van der Waals surface area contributed by atoms with Gasteiger partial charge in [-0.05, 0) is 17.7 Å². The first kappa shape index (κ1) is 17.6. The van der Waals surface area contributed by atoms with Gasteiger partial charge in [0.1, 0.15) is 12.3 Å².